The molecule has 3 heterocycles. The van der Waals surface area contributed by atoms with E-state index in [1.165, 1.54) is 10.9 Å². The van der Waals surface area contributed by atoms with Gasteiger partial charge >= 0.3 is 5.97 Å². The molecule has 10 nitrogen and oxygen atoms in total. The van der Waals surface area contributed by atoms with E-state index < -0.39 is 5.97 Å². The van der Waals surface area contributed by atoms with Crippen LogP contribution in [0.5, 0.6) is 0 Å². The third-order valence-electron chi connectivity index (χ3n) is 4.95. The molecular formula is C20H27N5O5. The molecule has 0 spiro atoms. The minimum atomic E-state index is -0.524. The number of aryl methyl sites for hydroxylation is 2. The Bertz CT molecular complexity index is 911. The van der Waals surface area contributed by atoms with Gasteiger partial charge in [0.2, 0.25) is 5.91 Å². The lowest BCUT2D eigenvalue weighted by Crippen LogP contribution is -2.46. The molecule has 0 saturated carbocycles. The van der Waals surface area contributed by atoms with Crippen LogP contribution in [0.25, 0.3) is 0 Å². The topological polar surface area (TPSA) is 119 Å². The second-order valence-corrected chi connectivity index (χ2v) is 7.23. The molecule has 2 aromatic rings. The molecule has 0 radical (unpaired) electrons. The number of esters is 1. The number of ether oxygens (including phenoxy) is 1. The number of hydrogen-bond donors (Lipinski definition) is 2. The van der Waals surface area contributed by atoms with Gasteiger partial charge in [0.25, 0.3) is 5.91 Å². The summed E-state index contributed by atoms with van der Waals surface area (Å²) in [5, 5.41) is 9.75. The molecule has 1 aliphatic heterocycles. The van der Waals surface area contributed by atoms with E-state index in [2.05, 4.69) is 15.7 Å². The molecule has 10 heteroatoms. The summed E-state index contributed by atoms with van der Waals surface area (Å²) in [7, 11) is 1.65. The van der Waals surface area contributed by atoms with Crippen molar-refractivity contribution in [2.24, 2.45) is 7.05 Å². The van der Waals surface area contributed by atoms with Crippen LogP contribution in [0.1, 0.15) is 46.4 Å². The van der Waals surface area contributed by atoms with Gasteiger partial charge in [0.1, 0.15) is 17.1 Å². The van der Waals surface area contributed by atoms with Crippen LogP contribution in [0.4, 0.5) is 5.82 Å². The van der Waals surface area contributed by atoms with Gasteiger partial charge < -0.3 is 19.8 Å². The molecule has 1 fully saturated rings. The summed E-state index contributed by atoms with van der Waals surface area (Å²) in [6.45, 7) is 5.28. The van der Waals surface area contributed by atoms with E-state index in [0.717, 1.165) is 12.8 Å². The number of aromatic nitrogens is 2. The van der Waals surface area contributed by atoms with E-state index in [1.54, 1.807) is 33.0 Å². The van der Waals surface area contributed by atoms with Crippen LogP contribution >= 0.6 is 0 Å². The van der Waals surface area contributed by atoms with Gasteiger partial charge in [0.15, 0.2) is 5.76 Å². The summed E-state index contributed by atoms with van der Waals surface area (Å²) >= 11 is 0. The van der Waals surface area contributed by atoms with Gasteiger partial charge in [-0.25, -0.2) is 4.79 Å². The van der Waals surface area contributed by atoms with Gasteiger partial charge in [-0.3, -0.25) is 19.2 Å². The summed E-state index contributed by atoms with van der Waals surface area (Å²) in [6, 6.07) is 3.45. The molecule has 0 aromatic carbocycles. The van der Waals surface area contributed by atoms with Gasteiger partial charge in [-0.05, 0) is 38.8 Å². The van der Waals surface area contributed by atoms with Crippen molar-refractivity contribution in [2.45, 2.75) is 32.7 Å². The molecule has 30 heavy (non-hydrogen) atoms. The average Bonchev–Trinajstić information content (AvgIpc) is 3.30. The smallest absolute Gasteiger partial charge is 0.343 e. The van der Waals surface area contributed by atoms with Crippen molar-refractivity contribution in [1.82, 2.24) is 20.0 Å². The fourth-order valence-corrected chi connectivity index (χ4v) is 3.37. The lowest BCUT2D eigenvalue weighted by molar-refractivity contribution is -0.117. The molecule has 0 unspecified atom stereocenters. The Morgan fingerprint density at radius 2 is 2.00 bits per heavy atom. The zero-order valence-electron chi connectivity index (χ0n) is 17.4. The first-order valence-electron chi connectivity index (χ1n) is 9.96. The number of nitrogens with zero attached hydrogens (tertiary/aromatic N) is 3. The van der Waals surface area contributed by atoms with E-state index in [9.17, 15) is 14.4 Å². The molecule has 0 aliphatic carbocycles. The summed E-state index contributed by atoms with van der Waals surface area (Å²) in [4.78, 5) is 38.7. The molecular weight excluding hydrogens is 390 g/mol. The molecule has 0 atom stereocenters. The first-order chi connectivity index (χ1) is 14.4. The Balaban J connectivity index is 1.47. The van der Waals surface area contributed by atoms with Crippen molar-refractivity contribution in [3.05, 3.63) is 35.4 Å². The summed E-state index contributed by atoms with van der Waals surface area (Å²) in [6.07, 6.45) is 2.85. The molecule has 2 N–H and O–H groups in total. The Kier molecular flexibility index (Phi) is 6.88. The van der Waals surface area contributed by atoms with Crippen LogP contribution < -0.4 is 10.6 Å². The van der Waals surface area contributed by atoms with Crippen molar-refractivity contribution in [2.75, 3.05) is 31.6 Å². The standard InChI is InChI=1S/C20H27N5O5/c1-4-29-20(28)15-11-21-24(3)18(15)23-17(26)12-25-9-7-14(8-10-25)22-19(27)16-6-5-13(2)30-16/h5-6,11,14H,4,7-10,12H2,1-3H3,(H,22,27)(H,23,26). The van der Waals surface area contributed by atoms with Crippen LogP contribution in [0.3, 0.4) is 0 Å². The highest BCUT2D eigenvalue weighted by Crippen LogP contribution is 2.16. The van der Waals surface area contributed by atoms with Crippen molar-refractivity contribution in [3.63, 3.8) is 0 Å². The number of hydrogen-bond acceptors (Lipinski definition) is 7. The van der Waals surface area contributed by atoms with Crippen molar-refractivity contribution < 1.29 is 23.5 Å². The third kappa shape index (κ3) is 5.26. The number of furan rings is 1. The van der Waals surface area contributed by atoms with Crippen molar-refractivity contribution >= 4 is 23.6 Å². The normalized spacial score (nSPS) is 15.0. The van der Waals surface area contributed by atoms with Crippen molar-refractivity contribution in [1.29, 1.82) is 0 Å². The van der Waals surface area contributed by atoms with Gasteiger partial charge in [-0.2, -0.15) is 5.10 Å². The second kappa shape index (κ2) is 9.57. The van der Waals surface area contributed by atoms with Crippen LogP contribution in [0.15, 0.2) is 22.7 Å². The van der Waals surface area contributed by atoms with E-state index >= 15 is 0 Å². The Hall–Kier alpha value is -3.14. The van der Waals surface area contributed by atoms with E-state index in [-0.39, 0.29) is 36.6 Å². The predicted molar refractivity (Wildman–Crippen MR) is 108 cm³/mol. The highest BCUT2D eigenvalue weighted by Gasteiger charge is 2.25. The number of likely N-dealkylation sites (tertiary alicyclic amines) is 1. The van der Waals surface area contributed by atoms with Crippen LogP contribution in [0, 0.1) is 6.92 Å². The van der Waals surface area contributed by atoms with Gasteiger partial charge in [-0.1, -0.05) is 0 Å². The lowest BCUT2D eigenvalue weighted by atomic mass is 10.0. The van der Waals surface area contributed by atoms with Crippen LogP contribution in [-0.4, -0.2) is 64.7 Å². The van der Waals surface area contributed by atoms with E-state index in [1.807, 2.05) is 4.90 Å². The highest BCUT2D eigenvalue weighted by molar-refractivity contribution is 6.00. The van der Waals surface area contributed by atoms with Gasteiger partial charge in [0, 0.05) is 26.2 Å². The number of amides is 2. The molecule has 2 aromatic heterocycles. The van der Waals surface area contributed by atoms with Crippen LogP contribution in [0.2, 0.25) is 0 Å². The quantitative estimate of drug-likeness (QED) is 0.653. The Labute approximate surface area is 174 Å². The largest absolute Gasteiger partial charge is 0.462 e. The number of nitrogens with one attached hydrogen (secondary N) is 2. The number of carbonyl (C=O) groups is 3. The van der Waals surface area contributed by atoms with Gasteiger partial charge in [-0.15, -0.1) is 0 Å². The number of anilines is 1. The second-order valence-electron chi connectivity index (χ2n) is 7.23. The summed E-state index contributed by atoms with van der Waals surface area (Å²) in [5.41, 5.74) is 0.224. The SMILES string of the molecule is CCOC(=O)c1cnn(C)c1NC(=O)CN1CCC(NC(=O)c2ccc(C)o2)CC1. The minimum Gasteiger partial charge on any atom is -0.462 e. The van der Waals surface area contributed by atoms with Gasteiger partial charge in [0.05, 0.1) is 19.3 Å². The zero-order chi connectivity index (χ0) is 21.7. The zero-order valence-corrected chi connectivity index (χ0v) is 17.4. The van der Waals surface area contributed by atoms with Crippen molar-refractivity contribution in [3.8, 4) is 0 Å². The lowest BCUT2D eigenvalue weighted by Gasteiger charge is -2.31. The summed E-state index contributed by atoms with van der Waals surface area (Å²) in [5.74, 6) is 0.335. The fraction of sp³-hybridized carbons (Fsp3) is 0.500. The molecule has 1 saturated heterocycles. The first-order valence-corrected chi connectivity index (χ1v) is 9.96. The molecule has 2 amide bonds. The fourth-order valence-electron chi connectivity index (χ4n) is 3.37. The van der Waals surface area contributed by atoms with E-state index in [0.29, 0.717) is 30.4 Å². The molecule has 3 rings (SSSR count). The maximum absolute atomic E-state index is 12.5. The molecule has 162 valence electrons. The Morgan fingerprint density at radius 3 is 2.63 bits per heavy atom. The minimum absolute atomic E-state index is 0.0368. The maximum atomic E-state index is 12.5. The van der Waals surface area contributed by atoms with Crippen LogP contribution in [-0.2, 0) is 16.6 Å². The molecule has 0 bridgehead atoms. The van der Waals surface area contributed by atoms with E-state index in [4.69, 9.17) is 9.15 Å². The number of carbonyl (C=O) groups excluding carboxylic acids is 3. The third-order valence-corrected chi connectivity index (χ3v) is 4.95. The Morgan fingerprint density at radius 1 is 1.27 bits per heavy atom. The number of piperidine rings is 1. The highest BCUT2D eigenvalue weighted by atomic mass is 16.5. The predicted octanol–water partition coefficient (Wildman–Crippen LogP) is 1.33. The first kappa shape index (κ1) is 21.6. The average molecular weight is 417 g/mol. The number of rotatable bonds is 7. The summed E-state index contributed by atoms with van der Waals surface area (Å²) < 4.78 is 11.8. The maximum Gasteiger partial charge on any atom is 0.343 e. The molecule has 1 aliphatic rings. The monoisotopic (exact) mass is 417 g/mol.